The van der Waals surface area contributed by atoms with Crippen molar-refractivity contribution in [3.05, 3.63) is 72.8 Å². The predicted octanol–water partition coefficient (Wildman–Crippen LogP) is 5.86. The highest BCUT2D eigenvalue weighted by Gasteiger charge is 2.21. The molecule has 7 rings (SSSR count). The summed E-state index contributed by atoms with van der Waals surface area (Å²) in [5.74, 6) is 2.76. The smallest absolute Gasteiger partial charge is 0.138 e. The molecule has 35 heavy (non-hydrogen) atoms. The van der Waals surface area contributed by atoms with Crippen LogP contribution in [0.25, 0.3) is 39.4 Å². The van der Waals surface area contributed by atoms with Crippen LogP contribution in [0.15, 0.2) is 61.2 Å². The van der Waals surface area contributed by atoms with Gasteiger partial charge in [-0.3, -0.25) is 0 Å². The summed E-state index contributed by atoms with van der Waals surface area (Å²) in [6, 6.07) is 13.2. The first kappa shape index (κ1) is 20.6. The van der Waals surface area contributed by atoms with Crippen molar-refractivity contribution in [2.75, 3.05) is 6.54 Å². The van der Waals surface area contributed by atoms with Crippen LogP contribution in [0.1, 0.15) is 62.1 Å². The second-order valence-corrected chi connectivity index (χ2v) is 9.88. The number of hydrogen-bond acceptors (Lipinski definition) is 4. The Balaban J connectivity index is 1.12. The molecule has 1 saturated heterocycles. The SMILES string of the molecule is c1cc(-c2cnc(C3CCCC3)[nH]2)ccc1-c1cn2ccc(-c3cnc(C4CCCN4)[nH]3)cc2n1. The van der Waals surface area contributed by atoms with E-state index in [2.05, 4.69) is 78.4 Å². The number of benzene rings is 1. The number of aromatic amines is 2. The summed E-state index contributed by atoms with van der Waals surface area (Å²) in [6.07, 6.45) is 15.5. The maximum Gasteiger partial charge on any atom is 0.138 e. The van der Waals surface area contributed by atoms with Crippen LogP contribution in [0, 0.1) is 0 Å². The number of H-pyrrole nitrogens is 2. The van der Waals surface area contributed by atoms with E-state index < -0.39 is 0 Å². The van der Waals surface area contributed by atoms with E-state index in [9.17, 15) is 0 Å². The fraction of sp³-hybridized carbons (Fsp3) is 0.321. The molecular weight excluding hydrogens is 434 g/mol. The number of nitrogens with zero attached hydrogens (tertiary/aromatic N) is 4. The van der Waals surface area contributed by atoms with E-state index in [1.54, 1.807) is 0 Å². The summed E-state index contributed by atoms with van der Waals surface area (Å²) in [4.78, 5) is 21.2. The first-order valence-electron chi connectivity index (χ1n) is 12.7. The number of nitrogens with one attached hydrogen (secondary N) is 3. The fourth-order valence-corrected chi connectivity index (χ4v) is 5.58. The highest BCUT2D eigenvalue weighted by Crippen LogP contribution is 2.34. The fourth-order valence-electron chi connectivity index (χ4n) is 5.58. The van der Waals surface area contributed by atoms with Crippen LogP contribution in [0.3, 0.4) is 0 Å². The molecule has 7 heteroatoms. The molecule has 0 radical (unpaired) electrons. The third-order valence-corrected chi connectivity index (χ3v) is 7.59. The summed E-state index contributed by atoms with van der Waals surface area (Å²) < 4.78 is 2.07. The summed E-state index contributed by atoms with van der Waals surface area (Å²) >= 11 is 0. The van der Waals surface area contributed by atoms with E-state index in [0.717, 1.165) is 64.0 Å². The van der Waals surface area contributed by atoms with Gasteiger partial charge in [0.2, 0.25) is 0 Å². The van der Waals surface area contributed by atoms with Crippen molar-refractivity contribution < 1.29 is 0 Å². The van der Waals surface area contributed by atoms with Gasteiger partial charge in [-0.05, 0) is 49.9 Å². The lowest BCUT2D eigenvalue weighted by Gasteiger charge is -2.05. The third kappa shape index (κ3) is 3.86. The molecule has 1 aromatic carbocycles. The molecule has 5 aromatic rings. The second-order valence-electron chi connectivity index (χ2n) is 9.88. The highest BCUT2D eigenvalue weighted by molar-refractivity contribution is 5.70. The molecule has 1 aliphatic heterocycles. The van der Waals surface area contributed by atoms with Crippen LogP contribution in [0.4, 0.5) is 0 Å². The van der Waals surface area contributed by atoms with E-state index in [0.29, 0.717) is 12.0 Å². The lowest BCUT2D eigenvalue weighted by Crippen LogP contribution is -2.14. The van der Waals surface area contributed by atoms with Crippen molar-refractivity contribution >= 4 is 5.65 Å². The Kier molecular flexibility index (Phi) is 5.01. The lowest BCUT2D eigenvalue weighted by atomic mass is 10.1. The van der Waals surface area contributed by atoms with Gasteiger partial charge in [-0.2, -0.15) is 0 Å². The van der Waals surface area contributed by atoms with E-state index in [1.807, 2.05) is 12.4 Å². The molecule has 3 N–H and O–H groups in total. The molecular formula is C28H29N7. The van der Waals surface area contributed by atoms with Crippen LogP contribution in [0.2, 0.25) is 0 Å². The minimum absolute atomic E-state index is 0.338. The third-order valence-electron chi connectivity index (χ3n) is 7.59. The molecule has 5 heterocycles. The molecule has 0 bridgehead atoms. The minimum Gasteiger partial charge on any atom is -0.342 e. The number of imidazole rings is 3. The molecule has 7 nitrogen and oxygen atoms in total. The average Bonchev–Trinajstić information content (AvgIpc) is 3.73. The zero-order valence-corrected chi connectivity index (χ0v) is 19.7. The van der Waals surface area contributed by atoms with Gasteiger partial charge in [-0.15, -0.1) is 0 Å². The van der Waals surface area contributed by atoms with E-state index >= 15 is 0 Å². The Morgan fingerprint density at radius 3 is 2.31 bits per heavy atom. The van der Waals surface area contributed by atoms with Gasteiger partial charge in [-0.25, -0.2) is 15.0 Å². The van der Waals surface area contributed by atoms with Crippen molar-refractivity contribution in [2.45, 2.75) is 50.5 Å². The van der Waals surface area contributed by atoms with Gasteiger partial charge < -0.3 is 19.7 Å². The molecule has 1 atom stereocenters. The maximum absolute atomic E-state index is 4.91. The van der Waals surface area contributed by atoms with Crippen LogP contribution in [-0.2, 0) is 0 Å². The van der Waals surface area contributed by atoms with Gasteiger partial charge in [-0.1, -0.05) is 37.1 Å². The summed E-state index contributed by atoms with van der Waals surface area (Å²) in [5, 5.41) is 3.50. The van der Waals surface area contributed by atoms with Crippen LogP contribution < -0.4 is 5.32 Å². The first-order chi connectivity index (χ1) is 17.3. The van der Waals surface area contributed by atoms with E-state index in [1.165, 1.54) is 32.1 Å². The molecule has 1 saturated carbocycles. The average molecular weight is 464 g/mol. The Morgan fingerprint density at radius 2 is 1.51 bits per heavy atom. The van der Waals surface area contributed by atoms with Crippen molar-refractivity contribution in [3.63, 3.8) is 0 Å². The van der Waals surface area contributed by atoms with Gasteiger partial charge in [0, 0.05) is 29.4 Å². The van der Waals surface area contributed by atoms with Gasteiger partial charge >= 0.3 is 0 Å². The first-order valence-corrected chi connectivity index (χ1v) is 12.7. The quantitative estimate of drug-likeness (QED) is 0.304. The topological polar surface area (TPSA) is 86.7 Å². The second kappa shape index (κ2) is 8.50. The summed E-state index contributed by atoms with van der Waals surface area (Å²) in [6.45, 7) is 1.06. The number of fused-ring (bicyclic) bond motifs is 1. The Bertz CT molecular complexity index is 1460. The normalized spacial score (nSPS) is 18.7. The van der Waals surface area contributed by atoms with Gasteiger partial charge in [0.25, 0.3) is 0 Å². The number of hydrogen-bond donors (Lipinski definition) is 3. The zero-order valence-electron chi connectivity index (χ0n) is 19.7. The number of rotatable bonds is 5. The van der Waals surface area contributed by atoms with Crippen molar-refractivity contribution in [1.82, 2.24) is 34.6 Å². The number of pyridine rings is 1. The standard InChI is InChI=1S/C28H29N7/c1-2-5-20(4-1)27-30-15-23(33-27)18-7-9-19(10-8-18)25-17-35-13-11-21(14-26(35)32-25)24-16-31-28(34-24)22-6-3-12-29-22/h7-11,13-17,20,22,29H,1-6,12H2,(H,30,33)(H,31,34). The predicted molar refractivity (Wildman–Crippen MR) is 137 cm³/mol. The molecule has 176 valence electrons. The van der Waals surface area contributed by atoms with Gasteiger partial charge in [0.05, 0.1) is 35.5 Å². The zero-order chi connectivity index (χ0) is 23.2. The van der Waals surface area contributed by atoms with E-state index in [-0.39, 0.29) is 0 Å². The minimum atomic E-state index is 0.338. The Hall–Kier alpha value is -3.71. The Labute approximate surface area is 204 Å². The van der Waals surface area contributed by atoms with Crippen LogP contribution in [-0.4, -0.2) is 35.9 Å². The van der Waals surface area contributed by atoms with E-state index in [4.69, 9.17) is 4.98 Å². The van der Waals surface area contributed by atoms with Crippen LogP contribution in [0.5, 0.6) is 0 Å². The Morgan fingerprint density at radius 1 is 0.771 bits per heavy atom. The molecule has 2 fully saturated rings. The number of aromatic nitrogens is 6. The summed E-state index contributed by atoms with van der Waals surface area (Å²) in [7, 11) is 0. The van der Waals surface area contributed by atoms with Gasteiger partial charge in [0.15, 0.2) is 0 Å². The van der Waals surface area contributed by atoms with Crippen molar-refractivity contribution in [2.24, 2.45) is 0 Å². The summed E-state index contributed by atoms with van der Waals surface area (Å²) in [5.41, 5.74) is 7.36. The molecule has 4 aromatic heterocycles. The molecule has 1 unspecified atom stereocenters. The molecule has 0 spiro atoms. The molecule has 0 amide bonds. The molecule has 1 aliphatic carbocycles. The van der Waals surface area contributed by atoms with Crippen LogP contribution >= 0.6 is 0 Å². The van der Waals surface area contributed by atoms with Gasteiger partial charge in [0.1, 0.15) is 17.3 Å². The van der Waals surface area contributed by atoms with Crippen molar-refractivity contribution in [3.8, 4) is 33.8 Å². The monoisotopic (exact) mass is 463 g/mol. The lowest BCUT2D eigenvalue weighted by molar-refractivity contribution is 0.613. The maximum atomic E-state index is 4.91. The van der Waals surface area contributed by atoms with Crippen molar-refractivity contribution in [1.29, 1.82) is 0 Å². The molecule has 2 aliphatic rings. The largest absolute Gasteiger partial charge is 0.342 e. The highest BCUT2D eigenvalue weighted by atomic mass is 15.0.